The molecule has 0 nitrogen and oxygen atoms in total. The van der Waals surface area contributed by atoms with Gasteiger partial charge in [0.05, 0.1) is 4.70 Å². The number of alkyl halides is 1. The molecular formula is C9H5Br2FS. The molecule has 13 heavy (non-hydrogen) atoms. The lowest BCUT2D eigenvalue weighted by atomic mass is 10.2. The summed E-state index contributed by atoms with van der Waals surface area (Å²) >= 11 is 8.28. The van der Waals surface area contributed by atoms with Gasteiger partial charge in [0.2, 0.25) is 0 Å². The lowest BCUT2D eigenvalue weighted by molar-refractivity contribution is 0.644. The first-order valence-corrected chi connectivity index (χ1v) is 6.43. The highest BCUT2D eigenvalue weighted by molar-refractivity contribution is 9.11. The third-order valence-electron chi connectivity index (χ3n) is 1.86. The molecule has 2 aromatic rings. The van der Waals surface area contributed by atoms with E-state index in [0.29, 0.717) is 5.39 Å². The molecule has 0 fully saturated rings. The maximum Gasteiger partial charge on any atom is 0.141 e. The van der Waals surface area contributed by atoms with Gasteiger partial charge in [-0.2, -0.15) is 0 Å². The average molecular weight is 324 g/mol. The van der Waals surface area contributed by atoms with Gasteiger partial charge < -0.3 is 0 Å². The molecule has 0 N–H and O–H groups in total. The molecule has 2 rings (SSSR count). The summed E-state index contributed by atoms with van der Waals surface area (Å²) in [6.45, 7) is 0. The average Bonchev–Trinajstić information content (AvgIpc) is 2.50. The van der Waals surface area contributed by atoms with Crippen LogP contribution in [0.5, 0.6) is 0 Å². The van der Waals surface area contributed by atoms with Gasteiger partial charge >= 0.3 is 0 Å². The van der Waals surface area contributed by atoms with Gasteiger partial charge in [-0.15, -0.1) is 11.3 Å². The van der Waals surface area contributed by atoms with Crippen LogP contribution in [0.15, 0.2) is 22.0 Å². The summed E-state index contributed by atoms with van der Waals surface area (Å²) in [6.07, 6.45) is 0. The van der Waals surface area contributed by atoms with E-state index >= 15 is 0 Å². The van der Waals surface area contributed by atoms with Crippen LogP contribution in [0.25, 0.3) is 10.1 Å². The number of halogens is 3. The highest BCUT2D eigenvalue weighted by Gasteiger charge is 2.09. The quantitative estimate of drug-likeness (QED) is 0.667. The van der Waals surface area contributed by atoms with Crippen molar-refractivity contribution < 1.29 is 4.39 Å². The molecule has 68 valence electrons. The Morgan fingerprint density at radius 1 is 1.38 bits per heavy atom. The predicted molar refractivity (Wildman–Crippen MR) is 62.1 cm³/mol. The van der Waals surface area contributed by atoms with Crippen molar-refractivity contribution in [1.82, 2.24) is 0 Å². The fourth-order valence-corrected chi connectivity index (χ4v) is 3.66. The molecule has 0 amide bonds. The minimum atomic E-state index is -0.137. The van der Waals surface area contributed by atoms with Gasteiger partial charge in [-0.3, -0.25) is 0 Å². The van der Waals surface area contributed by atoms with E-state index in [-0.39, 0.29) is 5.82 Å². The molecule has 0 bridgehead atoms. The van der Waals surface area contributed by atoms with Gasteiger partial charge in [-0.25, -0.2) is 4.39 Å². The third-order valence-corrected chi connectivity index (χ3v) is 4.62. The zero-order valence-corrected chi connectivity index (χ0v) is 10.5. The first-order valence-electron chi connectivity index (χ1n) is 3.64. The minimum Gasteiger partial charge on any atom is -0.205 e. The summed E-state index contributed by atoms with van der Waals surface area (Å²) < 4.78 is 15.1. The molecule has 0 radical (unpaired) electrons. The Kier molecular flexibility index (Phi) is 2.72. The minimum absolute atomic E-state index is 0.137. The Morgan fingerprint density at radius 2 is 2.15 bits per heavy atom. The zero-order valence-electron chi connectivity index (χ0n) is 6.48. The summed E-state index contributed by atoms with van der Waals surface area (Å²) in [6, 6.07) is 3.75. The summed E-state index contributed by atoms with van der Waals surface area (Å²) in [5.41, 5.74) is 1.15. The molecule has 1 aromatic carbocycles. The van der Waals surface area contributed by atoms with Crippen molar-refractivity contribution in [2.75, 3.05) is 0 Å². The molecule has 0 aliphatic carbocycles. The Bertz CT molecular complexity index is 450. The normalized spacial score (nSPS) is 11.0. The fraction of sp³-hybridized carbons (Fsp3) is 0.111. The summed E-state index contributed by atoms with van der Waals surface area (Å²) in [7, 11) is 0. The lowest BCUT2D eigenvalue weighted by Crippen LogP contribution is -1.80. The molecule has 0 unspecified atom stereocenters. The highest BCUT2D eigenvalue weighted by Crippen LogP contribution is 2.34. The van der Waals surface area contributed by atoms with E-state index in [1.165, 1.54) is 16.7 Å². The van der Waals surface area contributed by atoms with Crippen molar-refractivity contribution >= 4 is 53.3 Å². The molecule has 0 aliphatic heterocycles. The van der Waals surface area contributed by atoms with Crippen LogP contribution in [0.3, 0.4) is 0 Å². The van der Waals surface area contributed by atoms with Crippen LogP contribution >= 0.6 is 43.2 Å². The van der Waals surface area contributed by atoms with E-state index in [4.69, 9.17) is 0 Å². The summed E-state index contributed by atoms with van der Waals surface area (Å²) in [5, 5.41) is 3.01. The van der Waals surface area contributed by atoms with E-state index in [0.717, 1.165) is 20.1 Å². The first-order chi connectivity index (χ1) is 6.24. The fourth-order valence-electron chi connectivity index (χ4n) is 1.18. The monoisotopic (exact) mass is 322 g/mol. The van der Waals surface area contributed by atoms with Crippen molar-refractivity contribution in [2.24, 2.45) is 0 Å². The summed E-state index contributed by atoms with van der Waals surface area (Å²) in [5.74, 6) is -0.137. The van der Waals surface area contributed by atoms with Gasteiger partial charge in [0.25, 0.3) is 0 Å². The number of thiophene rings is 1. The van der Waals surface area contributed by atoms with Crippen LogP contribution in [0.2, 0.25) is 0 Å². The van der Waals surface area contributed by atoms with Crippen LogP contribution in [0.1, 0.15) is 5.56 Å². The molecule has 4 heteroatoms. The Hall–Kier alpha value is 0.0700. The van der Waals surface area contributed by atoms with Crippen molar-refractivity contribution in [3.63, 3.8) is 0 Å². The highest BCUT2D eigenvalue weighted by atomic mass is 79.9. The lowest BCUT2D eigenvalue weighted by Gasteiger charge is -2.00. The number of rotatable bonds is 1. The number of benzene rings is 1. The van der Waals surface area contributed by atoms with E-state index in [1.807, 2.05) is 12.1 Å². The standard InChI is InChI=1S/C9H5Br2FS/c10-3-5-1-2-6-7(12)4-13-9(6)8(5)11/h1-2,4H,3H2. The maximum absolute atomic E-state index is 13.1. The molecule has 1 aromatic heterocycles. The van der Waals surface area contributed by atoms with Gasteiger partial charge in [0.15, 0.2) is 0 Å². The van der Waals surface area contributed by atoms with Gasteiger partial charge in [0.1, 0.15) is 5.82 Å². The molecule has 1 heterocycles. The Balaban J connectivity index is 2.80. The predicted octanol–water partition coefficient (Wildman–Crippen LogP) is 4.70. The van der Waals surface area contributed by atoms with E-state index in [1.54, 1.807) is 0 Å². The number of hydrogen-bond donors (Lipinski definition) is 0. The molecule has 0 saturated heterocycles. The van der Waals surface area contributed by atoms with Crippen LogP contribution in [-0.2, 0) is 5.33 Å². The van der Waals surface area contributed by atoms with Gasteiger partial charge in [-0.05, 0) is 21.5 Å². The van der Waals surface area contributed by atoms with Crippen molar-refractivity contribution in [3.05, 3.63) is 33.4 Å². The van der Waals surface area contributed by atoms with Gasteiger partial charge in [0, 0.05) is 20.6 Å². The molecule has 0 spiro atoms. The second-order valence-corrected chi connectivity index (χ2v) is 4.87. The van der Waals surface area contributed by atoms with Crippen LogP contribution in [0, 0.1) is 5.82 Å². The van der Waals surface area contributed by atoms with Crippen molar-refractivity contribution in [1.29, 1.82) is 0 Å². The smallest absolute Gasteiger partial charge is 0.141 e. The molecular weight excluding hydrogens is 319 g/mol. The van der Waals surface area contributed by atoms with Crippen molar-refractivity contribution in [2.45, 2.75) is 5.33 Å². The Labute approximate surface area is 96.0 Å². The SMILES string of the molecule is Fc1csc2c(Br)c(CBr)ccc12. The van der Waals surface area contributed by atoms with Crippen LogP contribution < -0.4 is 0 Å². The van der Waals surface area contributed by atoms with Crippen LogP contribution in [0.4, 0.5) is 4.39 Å². The Morgan fingerprint density at radius 3 is 2.85 bits per heavy atom. The second kappa shape index (κ2) is 3.67. The molecule has 0 atom stereocenters. The second-order valence-electron chi connectivity index (χ2n) is 2.63. The third kappa shape index (κ3) is 1.55. The zero-order chi connectivity index (χ0) is 9.42. The number of hydrogen-bond acceptors (Lipinski definition) is 1. The summed E-state index contributed by atoms with van der Waals surface area (Å²) in [4.78, 5) is 0. The molecule has 0 saturated carbocycles. The van der Waals surface area contributed by atoms with E-state index in [2.05, 4.69) is 31.9 Å². The first kappa shape index (κ1) is 9.62. The largest absolute Gasteiger partial charge is 0.205 e. The number of fused-ring (bicyclic) bond motifs is 1. The van der Waals surface area contributed by atoms with Crippen LogP contribution in [-0.4, -0.2) is 0 Å². The van der Waals surface area contributed by atoms with Gasteiger partial charge in [-0.1, -0.05) is 28.1 Å². The van der Waals surface area contributed by atoms with Crippen molar-refractivity contribution in [3.8, 4) is 0 Å². The van der Waals surface area contributed by atoms with E-state index < -0.39 is 0 Å². The maximum atomic E-state index is 13.1. The molecule has 0 aliphatic rings. The topological polar surface area (TPSA) is 0 Å². The van der Waals surface area contributed by atoms with E-state index in [9.17, 15) is 4.39 Å².